The van der Waals surface area contributed by atoms with Gasteiger partial charge in [0.15, 0.2) is 5.13 Å². The summed E-state index contributed by atoms with van der Waals surface area (Å²) in [4.78, 5) is 20.4. The largest absolute Gasteiger partial charge is 0.302 e. The highest BCUT2D eigenvalue weighted by molar-refractivity contribution is 7.15. The summed E-state index contributed by atoms with van der Waals surface area (Å²) in [5.74, 6) is -0.154. The highest BCUT2D eigenvalue weighted by Crippen LogP contribution is 2.29. The maximum absolute atomic E-state index is 12.2. The Kier molecular flexibility index (Phi) is 5.21. The smallest absolute Gasteiger partial charge is 0.230 e. The van der Waals surface area contributed by atoms with E-state index in [1.54, 1.807) is 29.5 Å². The van der Waals surface area contributed by atoms with Gasteiger partial charge in [-0.25, -0.2) is 4.98 Å². The second kappa shape index (κ2) is 7.18. The molecule has 2 heterocycles. The lowest BCUT2D eigenvalue weighted by Crippen LogP contribution is -2.29. The molecule has 0 saturated carbocycles. The molecule has 1 amide bonds. The second-order valence-corrected chi connectivity index (χ2v) is 7.33. The lowest BCUT2D eigenvalue weighted by Gasteiger charge is -2.23. The molecule has 0 spiro atoms. The zero-order valence-corrected chi connectivity index (χ0v) is 15.1. The van der Waals surface area contributed by atoms with Gasteiger partial charge in [-0.15, -0.1) is 11.3 Å². The molecule has 0 radical (unpaired) electrons. The molecule has 1 aliphatic rings. The molecule has 1 aromatic heterocycles. The van der Waals surface area contributed by atoms with Crippen LogP contribution in [0, 0.1) is 0 Å². The summed E-state index contributed by atoms with van der Waals surface area (Å²) in [7, 11) is 0. The van der Waals surface area contributed by atoms with E-state index in [0.717, 1.165) is 31.7 Å². The predicted molar refractivity (Wildman–Crippen MR) is 95.6 cm³/mol. The summed E-state index contributed by atoms with van der Waals surface area (Å²) in [5, 5.41) is 4.53. The Hall–Kier alpha value is -1.14. The molecule has 0 bridgehead atoms. The van der Waals surface area contributed by atoms with Crippen molar-refractivity contribution in [2.45, 2.75) is 26.3 Å². The minimum absolute atomic E-state index is 0.143. The Labute approximate surface area is 149 Å². The highest BCUT2D eigenvalue weighted by Gasteiger charge is 2.20. The van der Waals surface area contributed by atoms with Gasteiger partial charge in [-0.1, -0.05) is 36.2 Å². The first-order valence-corrected chi connectivity index (χ1v) is 9.07. The van der Waals surface area contributed by atoms with E-state index in [2.05, 4.69) is 22.1 Å². The molecule has 4 nitrogen and oxygen atoms in total. The van der Waals surface area contributed by atoms with Crippen LogP contribution in [0.5, 0.6) is 0 Å². The van der Waals surface area contributed by atoms with Crippen LogP contribution in [0.2, 0.25) is 10.0 Å². The molecule has 0 unspecified atom stereocenters. The van der Waals surface area contributed by atoms with E-state index in [-0.39, 0.29) is 12.3 Å². The van der Waals surface area contributed by atoms with Crippen LogP contribution in [0.3, 0.4) is 0 Å². The van der Waals surface area contributed by atoms with E-state index >= 15 is 0 Å². The Morgan fingerprint density at radius 3 is 2.83 bits per heavy atom. The molecule has 122 valence electrons. The molecule has 3 rings (SSSR count). The van der Waals surface area contributed by atoms with E-state index in [0.29, 0.717) is 20.7 Å². The minimum atomic E-state index is -0.154. The Balaban J connectivity index is 1.68. The van der Waals surface area contributed by atoms with Crippen LogP contribution in [-0.2, 0) is 24.2 Å². The quantitative estimate of drug-likeness (QED) is 0.885. The van der Waals surface area contributed by atoms with Crippen molar-refractivity contribution in [2.75, 3.05) is 18.4 Å². The lowest BCUT2D eigenvalue weighted by atomic mass is 10.1. The van der Waals surface area contributed by atoms with Crippen molar-refractivity contribution in [1.82, 2.24) is 9.88 Å². The molecule has 0 fully saturated rings. The monoisotopic (exact) mass is 369 g/mol. The van der Waals surface area contributed by atoms with Gasteiger partial charge in [0.25, 0.3) is 0 Å². The third-order valence-corrected chi connectivity index (χ3v) is 5.61. The van der Waals surface area contributed by atoms with E-state index < -0.39 is 0 Å². The van der Waals surface area contributed by atoms with Crippen molar-refractivity contribution in [1.29, 1.82) is 0 Å². The number of halogens is 2. The predicted octanol–water partition coefficient (Wildman–Crippen LogP) is 4.01. The van der Waals surface area contributed by atoms with Gasteiger partial charge in [0.1, 0.15) is 0 Å². The molecule has 0 saturated heterocycles. The van der Waals surface area contributed by atoms with Gasteiger partial charge in [0.05, 0.1) is 12.1 Å². The van der Waals surface area contributed by atoms with E-state index in [1.807, 2.05) is 0 Å². The van der Waals surface area contributed by atoms with Crippen molar-refractivity contribution in [3.05, 3.63) is 44.4 Å². The third kappa shape index (κ3) is 3.86. The molecule has 0 atom stereocenters. The number of fused-ring (bicyclic) bond motifs is 1. The summed E-state index contributed by atoms with van der Waals surface area (Å²) in [5.41, 5.74) is 1.75. The Morgan fingerprint density at radius 1 is 1.39 bits per heavy atom. The first-order chi connectivity index (χ1) is 11.1. The van der Waals surface area contributed by atoms with Crippen LogP contribution in [0.1, 0.15) is 23.1 Å². The summed E-state index contributed by atoms with van der Waals surface area (Å²) >= 11 is 13.8. The fourth-order valence-electron chi connectivity index (χ4n) is 2.60. The van der Waals surface area contributed by atoms with Crippen molar-refractivity contribution >= 4 is 45.6 Å². The van der Waals surface area contributed by atoms with Crippen LogP contribution in [0.15, 0.2) is 18.2 Å². The number of rotatable bonds is 4. The molecule has 1 N–H and O–H groups in total. The minimum Gasteiger partial charge on any atom is -0.302 e. The van der Waals surface area contributed by atoms with Gasteiger partial charge < -0.3 is 5.32 Å². The second-order valence-electron chi connectivity index (χ2n) is 5.43. The normalized spacial score (nSPS) is 14.6. The van der Waals surface area contributed by atoms with Gasteiger partial charge in [-0.3, -0.25) is 9.69 Å². The van der Waals surface area contributed by atoms with Crippen molar-refractivity contribution in [3.8, 4) is 0 Å². The molecule has 1 aliphatic heterocycles. The summed E-state index contributed by atoms with van der Waals surface area (Å²) < 4.78 is 0. The van der Waals surface area contributed by atoms with Crippen LogP contribution in [0.25, 0.3) is 0 Å². The average molecular weight is 370 g/mol. The zero-order valence-electron chi connectivity index (χ0n) is 12.7. The number of carbonyl (C=O) groups excluding carboxylic acids is 1. The highest BCUT2D eigenvalue weighted by atomic mass is 35.5. The number of benzene rings is 1. The number of anilines is 1. The molecular formula is C16H17Cl2N3OS. The van der Waals surface area contributed by atoms with Crippen molar-refractivity contribution in [3.63, 3.8) is 0 Å². The summed E-state index contributed by atoms with van der Waals surface area (Å²) in [6.45, 7) is 5.12. The van der Waals surface area contributed by atoms with E-state index in [4.69, 9.17) is 23.2 Å². The number of amides is 1. The fourth-order valence-corrected chi connectivity index (χ4v) is 4.19. The summed E-state index contributed by atoms with van der Waals surface area (Å²) in [6.07, 6.45) is 1.08. The maximum Gasteiger partial charge on any atom is 0.230 e. The number of hydrogen-bond donors (Lipinski definition) is 1. The number of aromatic nitrogens is 1. The number of hydrogen-bond acceptors (Lipinski definition) is 4. The van der Waals surface area contributed by atoms with Crippen LogP contribution >= 0.6 is 34.5 Å². The number of carbonyl (C=O) groups is 1. The molecule has 1 aromatic carbocycles. The standard InChI is InChI=1S/C16H17Cl2N3OS/c1-2-21-7-6-13-14(9-21)23-16(19-13)20-15(22)8-10-11(17)4-3-5-12(10)18/h3-5H,2,6-9H2,1H3,(H,19,20,22). The van der Waals surface area contributed by atoms with Gasteiger partial charge in [-0.05, 0) is 24.2 Å². The fraction of sp³-hybridized carbons (Fsp3) is 0.375. The molecule has 2 aromatic rings. The third-order valence-electron chi connectivity index (χ3n) is 3.90. The number of nitrogens with zero attached hydrogens (tertiary/aromatic N) is 2. The van der Waals surface area contributed by atoms with Crippen molar-refractivity contribution < 1.29 is 4.79 Å². The number of likely N-dealkylation sites (N-methyl/N-ethyl adjacent to an activating group) is 1. The molecule has 7 heteroatoms. The number of nitrogens with one attached hydrogen (secondary N) is 1. The number of thiazole rings is 1. The van der Waals surface area contributed by atoms with Gasteiger partial charge in [-0.2, -0.15) is 0 Å². The zero-order chi connectivity index (χ0) is 16.4. The van der Waals surface area contributed by atoms with Gasteiger partial charge in [0.2, 0.25) is 5.91 Å². The van der Waals surface area contributed by atoms with E-state index in [1.165, 1.54) is 4.88 Å². The SMILES string of the molecule is CCN1CCc2nc(NC(=O)Cc3c(Cl)cccc3Cl)sc2C1. The molecule has 23 heavy (non-hydrogen) atoms. The lowest BCUT2D eigenvalue weighted by molar-refractivity contribution is -0.115. The maximum atomic E-state index is 12.2. The van der Waals surface area contributed by atoms with Crippen LogP contribution in [-0.4, -0.2) is 28.9 Å². The van der Waals surface area contributed by atoms with Crippen molar-refractivity contribution in [2.24, 2.45) is 0 Å². The Morgan fingerprint density at radius 2 is 2.13 bits per heavy atom. The van der Waals surface area contributed by atoms with Gasteiger partial charge in [0, 0.05) is 34.4 Å². The van der Waals surface area contributed by atoms with Crippen LogP contribution < -0.4 is 5.32 Å². The molecule has 0 aliphatic carbocycles. The van der Waals surface area contributed by atoms with Crippen LogP contribution in [0.4, 0.5) is 5.13 Å². The van der Waals surface area contributed by atoms with E-state index in [9.17, 15) is 4.79 Å². The first kappa shape index (κ1) is 16.7. The topological polar surface area (TPSA) is 45.2 Å². The van der Waals surface area contributed by atoms with Gasteiger partial charge >= 0.3 is 0 Å². The molecular weight excluding hydrogens is 353 g/mol. The summed E-state index contributed by atoms with van der Waals surface area (Å²) in [6, 6.07) is 5.23. The Bertz CT molecular complexity index is 712. The first-order valence-electron chi connectivity index (χ1n) is 7.50. The average Bonchev–Trinajstić information content (AvgIpc) is 2.92.